The Morgan fingerprint density at radius 1 is 1.30 bits per heavy atom. The Morgan fingerprint density at radius 3 is 2.67 bits per heavy atom. The molecule has 0 aliphatic carbocycles. The van der Waals surface area contributed by atoms with Crippen molar-refractivity contribution in [2.75, 3.05) is 25.2 Å². The van der Waals surface area contributed by atoms with Crippen LogP contribution in [-0.2, 0) is 25.8 Å². The highest BCUT2D eigenvalue weighted by atomic mass is 32.2. The van der Waals surface area contributed by atoms with Gasteiger partial charge >= 0.3 is 0 Å². The van der Waals surface area contributed by atoms with Gasteiger partial charge in [0.2, 0.25) is 5.91 Å². The molecule has 1 fully saturated rings. The van der Waals surface area contributed by atoms with Crippen LogP contribution in [0, 0.1) is 0 Å². The lowest BCUT2D eigenvalue weighted by Crippen LogP contribution is -2.44. The fourth-order valence-electron chi connectivity index (χ4n) is 3.20. The lowest BCUT2D eigenvalue weighted by molar-refractivity contribution is -0.133. The van der Waals surface area contributed by atoms with Crippen molar-refractivity contribution < 1.29 is 22.7 Å². The third kappa shape index (κ3) is 4.85. The van der Waals surface area contributed by atoms with Crippen LogP contribution in [0.15, 0.2) is 29.4 Å². The first kappa shape index (κ1) is 19.3. The normalized spacial score (nSPS) is 21.7. The van der Waals surface area contributed by atoms with Crippen molar-refractivity contribution in [1.29, 1.82) is 0 Å². The highest BCUT2D eigenvalue weighted by molar-refractivity contribution is 7.91. The zero-order valence-corrected chi connectivity index (χ0v) is 16.0. The standard InChI is InChI=1S/C18H23N3O5S/c1-26-15-4-2-13(3-5-15)8-10-19-18(23)16-6-7-17(22)21(20-16)14-9-11-27(24,25)12-14/h2-5,14H,6-12H2,1H3,(H,19,23). The van der Waals surface area contributed by atoms with Gasteiger partial charge in [0.05, 0.1) is 24.7 Å². The number of hydrogen-bond acceptors (Lipinski definition) is 6. The topological polar surface area (TPSA) is 105 Å². The molecule has 27 heavy (non-hydrogen) atoms. The van der Waals surface area contributed by atoms with Crippen LogP contribution in [0.4, 0.5) is 0 Å². The number of sulfone groups is 1. The minimum absolute atomic E-state index is 0.0559. The zero-order valence-electron chi connectivity index (χ0n) is 15.2. The first-order valence-electron chi connectivity index (χ1n) is 8.89. The van der Waals surface area contributed by atoms with E-state index < -0.39 is 15.9 Å². The number of carbonyl (C=O) groups is 2. The van der Waals surface area contributed by atoms with Crippen molar-refractivity contribution in [3.8, 4) is 5.75 Å². The van der Waals surface area contributed by atoms with E-state index in [2.05, 4.69) is 10.4 Å². The van der Waals surface area contributed by atoms with Crippen LogP contribution in [0.1, 0.15) is 24.8 Å². The summed E-state index contributed by atoms with van der Waals surface area (Å²) in [5.74, 6) is 0.196. The third-order valence-corrected chi connectivity index (χ3v) is 6.48. The molecule has 2 heterocycles. The van der Waals surface area contributed by atoms with Gasteiger partial charge in [0, 0.05) is 19.4 Å². The molecular formula is C18H23N3O5S. The second kappa shape index (κ2) is 8.08. The maximum absolute atomic E-state index is 12.4. The fraction of sp³-hybridized carbons (Fsp3) is 0.500. The molecule has 9 heteroatoms. The average Bonchev–Trinajstić information content (AvgIpc) is 3.02. The van der Waals surface area contributed by atoms with Crippen LogP contribution < -0.4 is 10.1 Å². The van der Waals surface area contributed by atoms with E-state index in [0.717, 1.165) is 11.3 Å². The summed E-state index contributed by atoms with van der Waals surface area (Å²) < 4.78 is 28.4. The summed E-state index contributed by atoms with van der Waals surface area (Å²) >= 11 is 0. The molecule has 146 valence electrons. The average molecular weight is 393 g/mol. The molecule has 2 aliphatic rings. The molecule has 3 rings (SSSR count). The highest BCUT2D eigenvalue weighted by Gasteiger charge is 2.37. The Morgan fingerprint density at radius 2 is 2.04 bits per heavy atom. The second-order valence-corrected chi connectivity index (χ2v) is 8.92. The Hall–Kier alpha value is -2.42. The van der Waals surface area contributed by atoms with Crippen LogP contribution in [0.25, 0.3) is 0 Å². The molecule has 1 aromatic carbocycles. The van der Waals surface area contributed by atoms with Crippen molar-refractivity contribution in [3.05, 3.63) is 29.8 Å². The maximum Gasteiger partial charge on any atom is 0.267 e. The van der Waals surface area contributed by atoms with Crippen LogP contribution in [0.3, 0.4) is 0 Å². The quantitative estimate of drug-likeness (QED) is 0.759. The van der Waals surface area contributed by atoms with Crippen molar-refractivity contribution >= 4 is 27.4 Å². The van der Waals surface area contributed by atoms with E-state index in [-0.39, 0.29) is 41.9 Å². The number of methoxy groups -OCH3 is 1. The van der Waals surface area contributed by atoms with Gasteiger partial charge in [0.25, 0.3) is 5.91 Å². The minimum atomic E-state index is -3.13. The fourth-order valence-corrected chi connectivity index (χ4v) is 4.89. The molecule has 1 aromatic rings. The first-order chi connectivity index (χ1) is 12.9. The molecule has 0 spiro atoms. The Kier molecular flexibility index (Phi) is 5.79. The van der Waals surface area contributed by atoms with Crippen molar-refractivity contribution in [2.45, 2.75) is 31.7 Å². The number of rotatable bonds is 6. The SMILES string of the molecule is COc1ccc(CCNC(=O)C2=NN(C3CCS(=O)(=O)C3)C(=O)CC2)cc1. The molecule has 1 unspecified atom stereocenters. The summed E-state index contributed by atoms with van der Waals surface area (Å²) in [5, 5.41) is 8.18. The van der Waals surface area contributed by atoms with Gasteiger partial charge in [-0.05, 0) is 30.5 Å². The monoisotopic (exact) mass is 393 g/mol. The van der Waals surface area contributed by atoms with Gasteiger partial charge in [-0.2, -0.15) is 5.10 Å². The largest absolute Gasteiger partial charge is 0.497 e. The summed E-state index contributed by atoms with van der Waals surface area (Å²) in [5.41, 5.74) is 1.34. The highest BCUT2D eigenvalue weighted by Crippen LogP contribution is 2.22. The molecule has 1 atom stereocenters. The molecular weight excluding hydrogens is 370 g/mol. The summed E-state index contributed by atoms with van der Waals surface area (Å²) in [7, 11) is -1.52. The van der Waals surface area contributed by atoms with Crippen LogP contribution in [-0.4, -0.2) is 62.2 Å². The minimum Gasteiger partial charge on any atom is -0.497 e. The van der Waals surface area contributed by atoms with Gasteiger partial charge in [0.1, 0.15) is 11.5 Å². The lowest BCUT2D eigenvalue weighted by atomic mass is 10.1. The van der Waals surface area contributed by atoms with Gasteiger partial charge in [-0.25, -0.2) is 13.4 Å². The van der Waals surface area contributed by atoms with E-state index in [0.29, 0.717) is 19.4 Å². The molecule has 8 nitrogen and oxygen atoms in total. The first-order valence-corrected chi connectivity index (χ1v) is 10.7. The van der Waals surface area contributed by atoms with E-state index in [1.165, 1.54) is 5.01 Å². The van der Waals surface area contributed by atoms with Gasteiger partial charge in [-0.15, -0.1) is 0 Å². The zero-order chi connectivity index (χ0) is 19.4. The smallest absolute Gasteiger partial charge is 0.267 e. The van der Waals surface area contributed by atoms with E-state index in [9.17, 15) is 18.0 Å². The van der Waals surface area contributed by atoms with E-state index in [4.69, 9.17) is 4.74 Å². The summed E-state index contributed by atoms with van der Waals surface area (Å²) in [6.07, 6.45) is 1.46. The lowest BCUT2D eigenvalue weighted by Gasteiger charge is -2.27. The van der Waals surface area contributed by atoms with Crippen molar-refractivity contribution in [3.63, 3.8) is 0 Å². The predicted molar refractivity (Wildman–Crippen MR) is 100 cm³/mol. The number of hydrazone groups is 1. The Balaban J connectivity index is 1.56. The number of benzene rings is 1. The second-order valence-electron chi connectivity index (χ2n) is 6.70. The third-order valence-electron chi connectivity index (χ3n) is 4.73. The molecule has 0 aromatic heterocycles. The van der Waals surface area contributed by atoms with Crippen molar-refractivity contribution in [1.82, 2.24) is 10.3 Å². The van der Waals surface area contributed by atoms with Gasteiger partial charge in [-0.1, -0.05) is 12.1 Å². The van der Waals surface area contributed by atoms with Crippen LogP contribution in [0.5, 0.6) is 5.75 Å². The number of ether oxygens (including phenoxy) is 1. The number of nitrogens with zero attached hydrogens (tertiary/aromatic N) is 2. The molecule has 0 bridgehead atoms. The van der Waals surface area contributed by atoms with Crippen molar-refractivity contribution in [2.24, 2.45) is 5.10 Å². The Labute approximate surface area is 158 Å². The number of carbonyl (C=O) groups excluding carboxylic acids is 2. The van der Waals surface area contributed by atoms with E-state index in [1.807, 2.05) is 24.3 Å². The molecule has 0 radical (unpaired) electrons. The molecule has 0 saturated carbocycles. The van der Waals surface area contributed by atoms with Gasteiger partial charge < -0.3 is 10.1 Å². The summed E-state index contributed by atoms with van der Waals surface area (Å²) in [4.78, 5) is 24.5. The number of nitrogens with one attached hydrogen (secondary N) is 1. The predicted octanol–water partition coefficient (Wildman–Crippen LogP) is 0.519. The molecule has 1 N–H and O–H groups in total. The molecule has 1 saturated heterocycles. The molecule has 2 amide bonds. The van der Waals surface area contributed by atoms with E-state index in [1.54, 1.807) is 7.11 Å². The summed E-state index contributed by atoms with van der Waals surface area (Å²) in [6, 6.07) is 7.13. The van der Waals surface area contributed by atoms with Gasteiger partial charge in [0.15, 0.2) is 9.84 Å². The summed E-state index contributed by atoms with van der Waals surface area (Å²) in [6.45, 7) is 0.440. The Bertz CT molecular complexity index is 848. The van der Waals surface area contributed by atoms with Crippen LogP contribution in [0.2, 0.25) is 0 Å². The van der Waals surface area contributed by atoms with E-state index >= 15 is 0 Å². The van der Waals surface area contributed by atoms with Gasteiger partial charge in [-0.3, -0.25) is 9.59 Å². The van der Waals surface area contributed by atoms with Crippen LogP contribution >= 0.6 is 0 Å². The maximum atomic E-state index is 12.4. The molecule has 2 aliphatic heterocycles. The number of hydrogen-bond donors (Lipinski definition) is 1. The number of amides is 2.